The first kappa shape index (κ1) is 29.7. The predicted octanol–water partition coefficient (Wildman–Crippen LogP) is 4.91. The molecule has 0 radical (unpaired) electrons. The Labute approximate surface area is 201 Å². The molecule has 1 fully saturated rings. The van der Waals surface area contributed by atoms with Crippen molar-refractivity contribution < 1.29 is 28.6 Å². The lowest BCUT2D eigenvalue weighted by molar-refractivity contribution is 0.0149. The number of aliphatic hydroxyl groups is 1. The molecule has 0 aromatic carbocycles. The van der Waals surface area contributed by atoms with Crippen molar-refractivity contribution in [1.29, 1.82) is 0 Å². The van der Waals surface area contributed by atoms with E-state index in [9.17, 15) is 14.7 Å². The van der Waals surface area contributed by atoms with Gasteiger partial charge in [0.1, 0.15) is 11.2 Å². The van der Waals surface area contributed by atoms with Crippen molar-refractivity contribution in [2.75, 3.05) is 19.7 Å². The molecule has 2 amide bonds. The number of ether oxygens (including phenoxy) is 2. The number of carbonyl (C=O) groups is 2. The molecule has 1 aliphatic rings. The average Bonchev–Trinajstić information content (AvgIpc) is 2.97. The molecule has 9 heteroatoms. The summed E-state index contributed by atoms with van der Waals surface area (Å²) in [6.45, 7) is 22.6. The number of hydrogen-bond donors (Lipinski definition) is 2. The SMILES string of the molecule is CC(C)(C)OC(=O)NCC(CCO)[C@@H]1C[C@@H](O[Si](C)(C)C(C)(C)C)CN1C(=O)OC(C)(C)C. The van der Waals surface area contributed by atoms with Crippen LogP contribution in [0, 0.1) is 5.92 Å². The molecule has 1 unspecified atom stereocenters. The number of nitrogens with zero attached hydrogens (tertiary/aromatic N) is 1. The van der Waals surface area contributed by atoms with Gasteiger partial charge < -0.3 is 29.2 Å². The second-order valence-corrected chi connectivity index (χ2v) is 17.3. The van der Waals surface area contributed by atoms with Gasteiger partial charge in [-0.05, 0) is 78.4 Å². The number of hydrogen-bond acceptors (Lipinski definition) is 6. The van der Waals surface area contributed by atoms with Crippen LogP contribution in [-0.4, -0.2) is 73.6 Å². The molecule has 3 atom stereocenters. The van der Waals surface area contributed by atoms with Crippen molar-refractivity contribution in [3.8, 4) is 0 Å². The molecule has 1 rings (SSSR count). The highest BCUT2D eigenvalue weighted by atomic mass is 28.4. The second-order valence-electron chi connectivity index (χ2n) is 12.6. The van der Waals surface area contributed by atoms with E-state index in [-0.39, 0.29) is 36.3 Å². The van der Waals surface area contributed by atoms with Gasteiger partial charge in [-0.15, -0.1) is 0 Å². The standard InChI is InChI=1S/C24H48N2O6Si/c1-22(2,3)30-20(28)25-15-17(12-13-27)19-14-18(32-33(10,11)24(7,8)9)16-26(19)21(29)31-23(4,5)6/h17-19,27H,12-16H2,1-11H3,(H,25,28)/t17?,18-,19+/m1/s1. The zero-order chi connectivity index (χ0) is 25.8. The summed E-state index contributed by atoms with van der Waals surface area (Å²) in [6, 6.07) is -0.225. The monoisotopic (exact) mass is 488 g/mol. The second kappa shape index (κ2) is 10.9. The van der Waals surface area contributed by atoms with Crippen molar-refractivity contribution in [3.05, 3.63) is 0 Å². The average molecular weight is 489 g/mol. The first-order valence-electron chi connectivity index (χ1n) is 12.0. The fraction of sp³-hybridized carbons (Fsp3) is 0.917. The minimum Gasteiger partial charge on any atom is -0.444 e. The highest BCUT2D eigenvalue weighted by molar-refractivity contribution is 6.74. The van der Waals surface area contributed by atoms with E-state index in [4.69, 9.17) is 13.9 Å². The lowest BCUT2D eigenvalue weighted by atomic mass is 9.94. The Balaban J connectivity index is 3.08. The fourth-order valence-corrected chi connectivity index (χ4v) is 4.96. The van der Waals surface area contributed by atoms with Crippen LogP contribution in [0.3, 0.4) is 0 Å². The van der Waals surface area contributed by atoms with Crippen molar-refractivity contribution in [1.82, 2.24) is 10.2 Å². The third-order valence-electron chi connectivity index (χ3n) is 6.15. The van der Waals surface area contributed by atoms with Crippen LogP contribution in [0.2, 0.25) is 18.1 Å². The first-order chi connectivity index (χ1) is 14.8. The van der Waals surface area contributed by atoms with Crippen LogP contribution in [0.25, 0.3) is 0 Å². The fourth-order valence-electron chi connectivity index (χ4n) is 3.61. The Morgan fingerprint density at radius 1 is 1.03 bits per heavy atom. The number of amides is 2. The molecular weight excluding hydrogens is 440 g/mol. The third kappa shape index (κ3) is 9.82. The highest BCUT2D eigenvalue weighted by Gasteiger charge is 2.46. The van der Waals surface area contributed by atoms with Gasteiger partial charge in [0.15, 0.2) is 8.32 Å². The molecule has 1 saturated heterocycles. The number of alkyl carbamates (subject to hydrolysis) is 1. The topological polar surface area (TPSA) is 97.3 Å². The quantitative estimate of drug-likeness (QED) is 0.494. The summed E-state index contributed by atoms with van der Waals surface area (Å²) in [5.41, 5.74) is -1.23. The van der Waals surface area contributed by atoms with E-state index >= 15 is 0 Å². The van der Waals surface area contributed by atoms with Crippen LogP contribution in [-0.2, 0) is 13.9 Å². The summed E-state index contributed by atoms with van der Waals surface area (Å²) in [6.07, 6.45) is 0.0421. The Bertz CT molecular complexity index is 663. The molecule has 0 aliphatic carbocycles. The third-order valence-corrected chi connectivity index (χ3v) is 10.7. The Morgan fingerprint density at radius 3 is 2.03 bits per heavy atom. The summed E-state index contributed by atoms with van der Waals surface area (Å²) < 4.78 is 17.7. The molecule has 1 heterocycles. The first-order valence-corrected chi connectivity index (χ1v) is 14.9. The number of likely N-dealkylation sites (tertiary alicyclic amines) is 1. The predicted molar refractivity (Wildman–Crippen MR) is 133 cm³/mol. The van der Waals surface area contributed by atoms with Crippen LogP contribution in [0.15, 0.2) is 0 Å². The molecular formula is C24H48N2O6Si. The smallest absolute Gasteiger partial charge is 0.410 e. The van der Waals surface area contributed by atoms with Gasteiger partial charge in [0.05, 0.1) is 6.10 Å². The summed E-state index contributed by atoms with van der Waals surface area (Å²) in [5.74, 6) is -0.164. The van der Waals surface area contributed by atoms with Crippen LogP contribution < -0.4 is 5.32 Å². The normalized spacial score (nSPS) is 21.0. The van der Waals surface area contributed by atoms with E-state index in [1.807, 2.05) is 41.5 Å². The van der Waals surface area contributed by atoms with Gasteiger partial charge >= 0.3 is 12.2 Å². The van der Waals surface area contributed by atoms with Crippen molar-refractivity contribution in [2.45, 2.75) is 117 Å². The van der Waals surface area contributed by atoms with Gasteiger partial charge in [-0.1, -0.05) is 20.8 Å². The molecule has 2 N–H and O–H groups in total. The Hall–Kier alpha value is -1.32. The maximum atomic E-state index is 13.1. The zero-order valence-electron chi connectivity index (χ0n) is 22.7. The summed E-state index contributed by atoms with van der Waals surface area (Å²) in [5, 5.41) is 12.6. The van der Waals surface area contributed by atoms with Crippen molar-refractivity contribution >= 4 is 20.5 Å². The van der Waals surface area contributed by atoms with E-state index < -0.39 is 31.7 Å². The van der Waals surface area contributed by atoms with Gasteiger partial charge in [-0.25, -0.2) is 9.59 Å². The van der Waals surface area contributed by atoms with Gasteiger partial charge in [-0.2, -0.15) is 0 Å². The minimum atomic E-state index is -2.05. The molecule has 0 aromatic heterocycles. The van der Waals surface area contributed by atoms with Crippen LogP contribution >= 0.6 is 0 Å². The largest absolute Gasteiger partial charge is 0.444 e. The van der Waals surface area contributed by atoms with E-state index in [1.165, 1.54) is 0 Å². The molecule has 0 bridgehead atoms. The zero-order valence-corrected chi connectivity index (χ0v) is 23.7. The summed E-state index contributed by atoms with van der Waals surface area (Å²) in [4.78, 5) is 27.0. The molecule has 1 aliphatic heterocycles. The van der Waals surface area contributed by atoms with E-state index in [1.54, 1.807) is 4.90 Å². The van der Waals surface area contributed by atoms with Crippen molar-refractivity contribution in [2.24, 2.45) is 5.92 Å². The number of rotatable bonds is 7. The van der Waals surface area contributed by atoms with Gasteiger partial charge in [0.25, 0.3) is 0 Å². The van der Waals surface area contributed by atoms with Gasteiger partial charge in [0, 0.05) is 25.7 Å². The van der Waals surface area contributed by atoms with Gasteiger partial charge in [-0.3, -0.25) is 0 Å². The van der Waals surface area contributed by atoms with Crippen LogP contribution in [0.5, 0.6) is 0 Å². The van der Waals surface area contributed by atoms with Crippen molar-refractivity contribution in [3.63, 3.8) is 0 Å². The number of nitrogens with one attached hydrogen (secondary N) is 1. The van der Waals surface area contributed by atoms with E-state index in [0.717, 1.165) is 0 Å². The van der Waals surface area contributed by atoms with E-state index in [2.05, 4.69) is 39.2 Å². The Morgan fingerprint density at radius 2 is 1.58 bits per heavy atom. The molecule has 0 aromatic rings. The summed E-state index contributed by atoms with van der Waals surface area (Å²) >= 11 is 0. The van der Waals surface area contributed by atoms with E-state index in [0.29, 0.717) is 19.4 Å². The number of aliphatic hydroxyl groups excluding tert-OH is 1. The molecule has 194 valence electrons. The van der Waals surface area contributed by atoms with Gasteiger partial charge in [0.2, 0.25) is 0 Å². The summed E-state index contributed by atoms with van der Waals surface area (Å²) in [7, 11) is -2.05. The Kier molecular flexibility index (Phi) is 9.86. The maximum Gasteiger partial charge on any atom is 0.410 e. The maximum absolute atomic E-state index is 13.1. The molecule has 0 spiro atoms. The molecule has 33 heavy (non-hydrogen) atoms. The molecule has 0 saturated carbocycles. The lowest BCUT2D eigenvalue weighted by Gasteiger charge is -2.38. The van der Waals surface area contributed by atoms with Crippen LogP contribution in [0.1, 0.15) is 75.2 Å². The van der Waals surface area contributed by atoms with Crippen LogP contribution in [0.4, 0.5) is 9.59 Å². The molecule has 8 nitrogen and oxygen atoms in total. The highest BCUT2D eigenvalue weighted by Crippen LogP contribution is 2.40. The lowest BCUT2D eigenvalue weighted by Crippen LogP contribution is -2.47. The minimum absolute atomic E-state index is 0.0462. The number of carbonyl (C=O) groups excluding carboxylic acids is 2.